The average Bonchev–Trinajstić information content (AvgIpc) is 2.42. The van der Waals surface area contributed by atoms with E-state index in [4.69, 9.17) is 17.5 Å². The Labute approximate surface area is 204 Å². The first-order valence-electron chi connectivity index (χ1n) is 9.11. The standard InChI is InChI=1S/C16H33.K.Na.H2O4S.H/c1-3-5-7-9-11-13-15-16-14-12-10-8-6-4-2;;;1-5(2,3)4;/h1,3-16H2,2H3;;;(H2,1,2,3,4);. The third-order valence-corrected chi connectivity index (χ3v) is 4.41. The predicted molar refractivity (Wildman–Crippen MR) is 102 cm³/mol. The van der Waals surface area contributed by atoms with E-state index in [0.717, 1.165) is 0 Å². The topological polar surface area (TPSA) is 74.6 Å². The molecule has 0 aliphatic carbocycles. The van der Waals surface area contributed by atoms with Crippen LogP contribution in [0.2, 0.25) is 3.67 Å². The molecule has 0 spiro atoms. The van der Waals surface area contributed by atoms with Gasteiger partial charge in [0, 0.05) is 0 Å². The normalized spacial score (nSPS) is 10.7. The van der Waals surface area contributed by atoms with Crippen LogP contribution in [-0.2, 0) is 10.4 Å². The summed E-state index contributed by atoms with van der Waals surface area (Å²) in [5.74, 6) is 0. The van der Waals surface area contributed by atoms with Crippen LogP contribution in [0.4, 0.5) is 0 Å². The van der Waals surface area contributed by atoms with E-state index in [0.29, 0.717) is 0 Å². The van der Waals surface area contributed by atoms with Gasteiger partial charge in [-0.1, -0.05) is 26.2 Å². The van der Waals surface area contributed by atoms with Gasteiger partial charge < -0.3 is 0 Å². The van der Waals surface area contributed by atoms with Crippen LogP contribution in [0.5, 0.6) is 0 Å². The van der Waals surface area contributed by atoms with Gasteiger partial charge in [0.05, 0.1) is 0 Å². The van der Waals surface area contributed by atoms with Gasteiger partial charge in [0.1, 0.15) is 0 Å². The maximum absolute atomic E-state index is 8.74. The first-order valence-corrected chi connectivity index (χ1v) is 11.9. The second-order valence-electron chi connectivity index (χ2n) is 6.04. The van der Waals surface area contributed by atoms with Crippen molar-refractivity contribution in [1.82, 2.24) is 0 Å². The molecular formula is C16H36KNaO4S. The van der Waals surface area contributed by atoms with E-state index in [-0.39, 0.29) is 51.4 Å². The summed E-state index contributed by atoms with van der Waals surface area (Å²) in [5.41, 5.74) is 0. The number of hydrogen-bond donors (Lipinski definition) is 2. The van der Waals surface area contributed by atoms with Gasteiger partial charge in [-0.15, -0.1) is 0 Å². The van der Waals surface area contributed by atoms with Crippen molar-refractivity contribution in [2.75, 3.05) is 0 Å². The van der Waals surface area contributed by atoms with E-state index in [1.807, 2.05) is 0 Å². The van der Waals surface area contributed by atoms with Crippen LogP contribution >= 0.6 is 0 Å². The van der Waals surface area contributed by atoms with Crippen LogP contribution < -0.4 is 0 Å². The molecule has 0 atom stereocenters. The van der Waals surface area contributed by atoms with E-state index < -0.39 is 10.4 Å². The minimum atomic E-state index is -4.67. The van der Waals surface area contributed by atoms with Crippen molar-refractivity contribution in [3.8, 4) is 0 Å². The fourth-order valence-corrected chi connectivity index (χ4v) is 2.94. The Kier molecular flexibility index (Phi) is 32.2. The summed E-state index contributed by atoms with van der Waals surface area (Å²) in [4.78, 5) is 0. The molecule has 0 radical (unpaired) electrons. The molecule has 0 rings (SSSR count). The van der Waals surface area contributed by atoms with Crippen molar-refractivity contribution in [2.45, 2.75) is 100 Å². The summed E-state index contributed by atoms with van der Waals surface area (Å²) in [6, 6.07) is 0. The molecule has 0 aromatic rings. The monoisotopic (exact) mass is 386 g/mol. The molecule has 0 aromatic carbocycles. The van der Waals surface area contributed by atoms with Crippen LogP contribution in [0.25, 0.3) is 0 Å². The summed E-state index contributed by atoms with van der Waals surface area (Å²) in [6.07, 6.45) is 20.7. The third kappa shape index (κ3) is 45.6. The van der Waals surface area contributed by atoms with E-state index in [1.54, 1.807) is 0 Å². The third-order valence-electron chi connectivity index (χ3n) is 3.71. The van der Waals surface area contributed by atoms with Gasteiger partial charge in [-0.3, -0.25) is 9.11 Å². The molecule has 7 heteroatoms. The van der Waals surface area contributed by atoms with Gasteiger partial charge in [-0.25, -0.2) is 0 Å². The van der Waals surface area contributed by atoms with Crippen molar-refractivity contribution in [1.29, 1.82) is 0 Å². The molecule has 0 saturated carbocycles. The Balaban J connectivity index is -0.000000578. The molecule has 0 aliphatic rings. The summed E-state index contributed by atoms with van der Waals surface area (Å²) >= 11 is 1.41. The fourth-order valence-electron chi connectivity index (χ4n) is 2.44. The van der Waals surface area contributed by atoms with Crippen LogP contribution in [-0.4, -0.2) is 96.8 Å². The molecule has 0 aliphatic heterocycles. The number of unbranched alkanes of at least 4 members (excludes halogenated alkanes) is 13. The molecule has 0 aromatic heterocycles. The summed E-state index contributed by atoms with van der Waals surface area (Å²) in [7, 11) is -4.67. The second kappa shape index (κ2) is 24.5. The molecule has 4 nitrogen and oxygen atoms in total. The van der Waals surface area contributed by atoms with E-state index >= 15 is 0 Å². The van der Waals surface area contributed by atoms with E-state index in [9.17, 15) is 0 Å². The van der Waals surface area contributed by atoms with Crippen molar-refractivity contribution >= 4 is 89.7 Å². The molecule has 0 bridgehead atoms. The second-order valence-corrected chi connectivity index (χ2v) is 7.94. The Morgan fingerprint density at radius 3 is 1.09 bits per heavy atom. The van der Waals surface area contributed by atoms with Crippen LogP contribution in [0, 0.1) is 0 Å². The fraction of sp³-hybridized carbons (Fsp3) is 1.00. The number of hydrogen-bond acceptors (Lipinski definition) is 2. The average molecular weight is 387 g/mol. The maximum atomic E-state index is 8.74. The van der Waals surface area contributed by atoms with Crippen molar-refractivity contribution in [3.63, 3.8) is 0 Å². The van der Waals surface area contributed by atoms with Gasteiger partial charge in [0.25, 0.3) is 0 Å². The SMILES string of the molecule is CCCCCCCCCCCCCCC[CH2][Na].O=S(=O)(O)O.[KH]. The molecule has 23 heavy (non-hydrogen) atoms. The first-order chi connectivity index (χ1) is 10.4. The Bertz CT molecular complexity index is 278. The zero-order valence-corrected chi connectivity index (χ0v) is 17.5. The van der Waals surface area contributed by atoms with Gasteiger partial charge >= 0.3 is 164 Å². The van der Waals surface area contributed by atoms with Crippen LogP contribution in [0.3, 0.4) is 0 Å². The molecular weight excluding hydrogens is 350 g/mol. The zero-order chi connectivity index (χ0) is 17.1. The van der Waals surface area contributed by atoms with E-state index in [1.165, 1.54) is 121 Å². The van der Waals surface area contributed by atoms with Gasteiger partial charge in [-0.05, 0) is 0 Å². The molecule has 0 amide bonds. The van der Waals surface area contributed by atoms with Gasteiger partial charge in [0.15, 0.2) is 0 Å². The van der Waals surface area contributed by atoms with Gasteiger partial charge in [0.2, 0.25) is 0 Å². The first kappa shape index (κ1) is 30.2. The van der Waals surface area contributed by atoms with Crippen molar-refractivity contribution in [2.24, 2.45) is 0 Å². The van der Waals surface area contributed by atoms with Crippen molar-refractivity contribution < 1.29 is 17.5 Å². The number of rotatable bonds is 14. The molecule has 2 N–H and O–H groups in total. The quantitative estimate of drug-likeness (QED) is 0.256. The zero-order valence-electron chi connectivity index (χ0n) is 14.7. The predicted octanol–water partition coefficient (Wildman–Crippen LogP) is 4.75. The molecule has 132 valence electrons. The Morgan fingerprint density at radius 2 is 0.870 bits per heavy atom. The van der Waals surface area contributed by atoms with Crippen LogP contribution in [0.15, 0.2) is 0 Å². The summed E-state index contributed by atoms with van der Waals surface area (Å²) in [5, 5.41) is 0. The molecule has 0 unspecified atom stereocenters. The molecule has 0 saturated heterocycles. The van der Waals surface area contributed by atoms with Crippen molar-refractivity contribution in [3.05, 3.63) is 0 Å². The van der Waals surface area contributed by atoms with Crippen LogP contribution in [0.1, 0.15) is 96.8 Å². The minimum absolute atomic E-state index is 0. The summed E-state index contributed by atoms with van der Waals surface area (Å²) < 4.78 is 33.1. The molecule has 0 heterocycles. The Hall–Kier alpha value is 2.51. The summed E-state index contributed by atoms with van der Waals surface area (Å²) in [6.45, 7) is 2.29. The molecule has 0 fully saturated rings. The van der Waals surface area contributed by atoms with Gasteiger partial charge in [-0.2, -0.15) is 8.42 Å². The Morgan fingerprint density at radius 1 is 0.652 bits per heavy atom. The van der Waals surface area contributed by atoms with E-state index in [2.05, 4.69) is 6.92 Å².